The van der Waals surface area contributed by atoms with E-state index in [4.69, 9.17) is 0 Å². The van der Waals surface area contributed by atoms with Crippen molar-refractivity contribution in [3.05, 3.63) is 34.5 Å². The monoisotopic (exact) mass is 603 g/mol. The Balaban J connectivity index is 2.23. The molecule has 1 aliphatic rings. The van der Waals surface area contributed by atoms with Gasteiger partial charge in [0, 0.05) is 30.3 Å². The van der Waals surface area contributed by atoms with E-state index in [1.54, 1.807) is 20.8 Å². The van der Waals surface area contributed by atoms with Gasteiger partial charge in [0.2, 0.25) is 0 Å². The maximum absolute atomic E-state index is 13.4. The average molecular weight is 604 g/mol. The lowest BCUT2D eigenvalue weighted by Gasteiger charge is -2.33. The van der Waals surface area contributed by atoms with Gasteiger partial charge < -0.3 is 20.1 Å². The summed E-state index contributed by atoms with van der Waals surface area (Å²) >= 11 is 0.524. The average Bonchev–Trinajstić information content (AvgIpc) is 3.46. The quantitative estimate of drug-likeness (QED) is 0.376. The Bertz CT molecular complexity index is 1230. The highest BCUT2D eigenvalue weighted by molar-refractivity contribution is 7.17. The number of nitrogens with one attached hydrogen (secondary N) is 1. The molecule has 0 radical (unpaired) electrons. The lowest BCUT2D eigenvalue weighted by molar-refractivity contribution is -0.376. The van der Waals surface area contributed by atoms with Gasteiger partial charge in [0.05, 0.1) is 4.88 Å². The molecule has 1 aromatic heterocycles. The highest BCUT2D eigenvalue weighted by atomic mass is 32.1. The molecule has 2 N–H and O–H groups in total. The number of hydrogen-bond donors (Lipinski definition) is 2. The van der Waals surface area contributed by atoms with Crippen molar-refractivity contribution in [3.63, 3.8) is 0 Å². The number of hydrogen-bond acceptors (Lipinski definition) is 6. The third kappa shape index (κ3) is 6.16. The van der Waals surface area contributed by atoms with Crippen molar-refractivity contribution >= 4 is 23.2 Å². The number of halogens is 8. The summed E-state index contributed by atoms with van der Waals surface area (Å²) in [5.74, 6) is -2.62. The van der Waals surface area contributed by atoms with Crippen LogP contribution in [0.4, 0.5) is 35.1 Å². The fraction of sp³-hybridized carbons (Fsp3) is 0.542. The number of aromatic nitrogens is 1. The highest BCUT2D eigenvalue weighted by Gasteiger charge is 2.71. The zero-order chi connectivity index (χ0) is 30.2. The van der Waals surface area contributed by atoms with Crippen LogP contribution in [-0.2, 0) is 5.60 Å². The first-order valence-corrected chi connectivity index (χ1v) is 12.8. The standard InChI is InChI=1S/C24H25F8N3O4S/c1-11(2)10-33-18(36)19-34-16(20(37)35-8-4-5-12(35)3)17(40-19)14-7-6-13(9-15(14)39-21(25)26)22(38,23(27,28)29)24(30,31)32/h6-7,9,11-12,21,38H,4-5,8,10H2,1-3H3,(H,33,36)/t12-/m0/s1. The van der Waals surface area contributed by atoms with E-state index in [0.29, 0.717) is 36.8 Å². The minimum absolute atomic E-state index is 0.0204. The number of benzene rings is 1. The largest absolute Gasteiger partial charge is 0.434 e. The van der Waals surface area contributed by atoms with Crippen LogP contribution in [0.3, 0.4) is 0 Å². The first-order valence-electron chi connectivity index (χ1n) is 11.9. The van der Waals surface area contributed by atoms with Crippen molar-refractivity contribution in [1.29, 1.82) is 0 Å². The van der Waals surface area contributed by atoms with Crippen LogP contribution in [0.1, 0.15) is 59.5 Å². The van der Waals surface area contributed by atoms with E-state index >= 15 is 0 Å². The van der Waals surface area contributed by atoms with Gasteiger partial charge in [0.15, 0.2) is 5.01 Å². The molecule has 0 spiro atoms. The van der Waals surface area contributed by atoms with Crippen molar-refractivity contribution < 1.29 is 54.6 Å². The van der Waals surface area contributed by atoms with Crippen molar-refractivity contribution in [2.75, 3.05) is 13.1 Å². The Labute approximate surface area is 227 Å². The maximum atomic E-state index is 13.4. The minimum Gasteiger partial charge on any atom is -0.434 e. The number of rotatable bonds is 8. The summed E-state index contributed by atoms with van der Waals surface area (Å²) < 4.78 is 112. The van der Waals surface area contributed by atoms with Gasteiger partial charge in [-0.1, -0.05) is 19.9 Å². The van der Waals surface area contributed by atoms with Gasteiger partial charge in [-0.3, -0.25) is 9.59 Å². The van der Waals surface area contributed by atoms with E-state index in [0.717, 1.165) is 0 Å². The second-order valence-electron chi connectivity index (χ2n) is 9.59. The summed E-state index contributed by atoms with van der Waals surface area (Å²) in [7, 11) is 0. The number of carbonyl (C=O) groups is 2. The van der Waals surface area contributed by atoms with Crippen LogP contribution in [0.25, 0.3) is 10.4 Å². The van der Waals surface area contributed by atoms with E-state index in [-0.39, 0.29) is 40.5 Å². The van der Waals surface area contributed by atoms with Gasteiger partial charge in [-0.2, -0.15) is 35.1 Å². The van der Waals surface area contributed by atoms with Gasteiger partial charge in [-0.05, 0) is 37.8 Å². The van der Waals surface area contributed by atoms with Crippen LogP contribution in [0.5, 0.6) is 5.75 Å². The summed E-state index contributed by atoms with van der Waals surface area (Å²) in [6.07, 6.45) is -11.3. The minimum atomic E-state index is -6.28. The summed E-state index contributed by atoms with van der Waals surface area (Å²) in [5, 5.41) is 12.0. The molecular weight excluding hydrogens is 578 g/mol. The fourth-order valence-corrected chi connectivity index (χ4v) is 5.11. The Hall–Kier alpha value is -3.01. The number of aliphatic hydroxyl groups is 1. The smallest absolute Gasteiger partial charge is 0.430 e. The SMILES string of the molecule is CC(C)CNC(=O)c1nc(C(=O)N2CCC[C@@H]2C)c(-c2ccc(C(O)(C(F)(F)F)C(F)(F)F)cc2OC(F)F)s1. The van der Waals surface area contributed by atoms with E-state index in [2.05, 4.69) is 15.0 Å². The number of nitrogens with zero attached hydrogens (tertiary/aromatic N) is 2. The molecule has 0 saturated carbocycles. The van der Waals surface area contributed by atoms with Crippen LogP contribution in [-0.4, -0.2) is 64.9 Å². The summed E-state index contributed by atoms with van der Waals surface area (Å²) in [5.41, 5.74) is -8.20. The van der Waals surface area contributed by atoms with Crippen molar-refractivity contribution in [1.82, 2.24) is 15.2 Å². The zero-order valence-electron chi connectivity index (χ0n) is 21.3. The first-order chi connectivity index (χ1) is 18.4. The summed E-state index contributed by atoms with van der Waals surface area (Å²) in [6, 6.07) is 0.531. The second kappa shape index (κ2) is 11.5. The summed E-state index contributed by atoms with van der Waals surface area (Å²) in [4.78, 5) is 31.3. The Morgan fingerprint density at radius 3 is 2.30 bits per heavy atom. The molecule has 2 amide bonds. The predicted molar refractivity (Wildman–Crippen MR) is 127 cm³/mol. The van der Waals surface area contributed by atoms with E-state index < -0.39 is 58.9 Å². The van der Waals surface area contributed by atoms with Crippen LogP contribution in [0, 0.1) is 5.92 Å². The molecule has 222 valence electrons. The molecule has 40 heavy (non-hydrogen) atoms. The molecule has 1 aliphatic heterocycles. The second-order valence-corrected chi connectivity index (χ2v) is 10.6. The van der Waals surface area contributed by atoms with Gasteiger partial charge in [0.25, 0.3) is 17.4 Å². The molecule has 0 unspecified atom stereocenters. The summed E-state index contributed by atoms with van der Waals surface area (Å²) in [6.45, 7) is 2.14. The van der Waals surface area contributed by atoms with Crippen LogP contribution < -0.4 is 10.1 Å². The van der Waals surface area contributed by atoms with Gasteiger partial charge >= 0.3 is 19.0 Å². The van der Waals surface area contributed by atoms with Gasteiger partial charge in [0.1, 0.15) is 11.4 Å². The molecule has 1 saturated heterocycles. The van der Waals surface area contributed by atoms with Gasteiger partial charge in [-0.15, -0.1) is 11.3 Å². The highest BCUT2D eigenvalue weighted by Crippen LogP contribution is 2.51. The zero-order valence-corrected chi connectivity index (χ0v) is 22.1. The number of thiazole rings is 1. The molecule has 7 nitrogen and oxygen atoms in total. The fourth-order valence-electron chi connectivity index (χ4n) is 4.10. The molecule has 16 heteroatoms. The van der Waals surface area contributed by atoms with Crippen molar-refractivity contribution in [2.45, 2.75) is 64.2 Å². The van der Waals surface area contributed by atoms with Crippen LogP contribution in [0.15, 0.2) is 18.2 Å². The van der Waals surface area contributed by atoms with E-state index in [1.165, 1.54) is 4.90 Å². The Morgan fingerprint density at radius 1 is 1.18 bits per heavy atom. The number of likely N-dealkylation sites (tertiary alicyclic amines) is 1. The topological polar surface area (TPSA) is 91.8 Å². The molecule has 1 atom stereocenters. The molecule has 2 heterocycles. The molecular formula is C24H25F8N3O4S. The molecule has 3 rings (SSSR count). The van der Waals surface area contributed by atoms with Crippen molar-refractivity contribution in [2.24, 2.45) is 5.92 Å². The van der Waals surface area contributed by atoms with Crippen LogP contribution >= 0.6 is 11.3 Å². The number of ether oxygens (including phenoxy) is 1. The molecule has 0 bridgehead atoms. The third-order valence-corrected chi connectivity index (χ3v) is 7.28. The lowest BCUT2D eigenvalue weighted by Crippen LogP contribution is -2.53. The molecule has 2 aromatic rings. The number of carbonyl (C=O) groups excluding carboxylic acids is 2. The van der Waals surface area contributed by atoms with Gasteiger partial charge in [-0.25, -0.2) is 4.98 Å². The normalized spacial score (nSPS) is 16.6. The Morgan fingerprint density at radius 2 is 1.80 bits per heavy atom. The van der Waals surface area contributed by atoms with Crippen LogP contribution in [0.2, 0.25) is 0 Å². The molecule has 1 fully saturated rings. The van der Waals surface area contributed by atoms with E-state index in [9.17, 15) is 49.8 Å². The lowest BCUT2D eigenvalue weighted by atomic mass is 9.90. The van der Waals surface area contributed by atoms with Crippen molar-refractivity contribution in [3.8, 4) is 16.2 Å². The Kier molecular flexibility index (Phi) is 9.03. The number of amides is 2. The van der Waals surface area contributed by atoms with E-state index in [1.807, 2.05) is 0 Å². The number of alkyl halides is 8. The molecule has 0 aliphatic carbocycles. The maximum Gasteiger partial charge on any atom is 0.430 e. The third-order valence-electron chi connectivity index (χ3n) is 6.19. The predicted octanol–water partition coefficient (Wildman–Crippen LogP) is 5.73. The first kappa shape index (κ1) is 31.5. The molecule has 1 aromatic carbocycles.